The number of esters is 1. The fourth-order valence-corrected chi connectivity index (χ4v) is 4.69. The lowest BCUT2D eigenvalue weighted by Gasteiger charge is -2.38. The molecule has 158 valence electrons. The number of hydrogen-bond donors (Lipinski definition) is 0. The van der Waals surface area contributed by atoms with Gasteiger partial charge in [-0.25, -0.2) is 0 Å². The van der Waals surface area contributed by atoms with E-state index in [1.165, 1.54) is 12.0 Å². The molecule has 2 rings (SSSR count). The molecule has 0 N–H and O–H groups in total. The van der Waals surface area contributed by atoms with Crippen molar-refractivity contribution in [2.45, 2.75) is 109 Å². The zero-order chi connectivity index (χ0) is 20.8. The van der Waals surface area contributed by atoms with Crippen molar-refractivity contribution in [1.82, 2.24) is 0 Å². The largest absolute Gasteiger partial charge is 0.543 e. The fourth-order valence-electron chi connectivity index (χ4n) is 3.65. The molecule has 3 nitrogen and oxygen atoms in total. The third kappa shape index (κ3) is 6.10. The topological polar surface area (TPSA) is 35.5 Å². The summed E-state index contributed by atoms with van der Waals surface area (Å²) in [6.07, 6.45) is 7.99. The van der Waals surface area contributed by atoms with Gasteiger partial charge in [0.25, 0.3) is 0 Å². The zero-order valence-electron chi connectivity index (χ0n) is 18.8. The second-order valence-corrected chi connectivity index (χ2v) is 14.5. The molecule has 28 heavy (non-hydrogen) atoms. The van der Waals surface area contributed by atoms with Crippen molar-refractivity contribution >= 4 is 14.3 Å². The molecule has 0 radical (unpaired) electrons. The summed E-state index contributed by atoms with van der Waals surface area (Å²) >= 11 is 0. The van der Waals surface area contributed by atoms with Gasteiger partial charge in [0, 0.05) is 12.3 Å². The first-order chi connectivity index (χ1) is 13.2. The van der Waals surface area contributed by atoms with Crippen molar-refractivity contribution < 1.29 is 14.0 Å². The third-order valence-electron chi connectivity index (χ3n) is 6.46. The van der Waals surface area contributed by atoms with Crippen LogP contribution in [0.25, 0.3) is 0 Å². The standard InChI is InChI=1S/C24H40O3Si/c1-7-8-9-18-23(25)26-21-16-12-10-14-19(21)20-15-11-13-17-22(20)27-28(5,6)24(2,3)4/h11,13,15,17,19,21H,7-10,12,14,16,18H2,1-6H3/t19-,21+/m1/s1. The lowest BCUT2D eigenvalue weighted by Crippen LogP contribution is -2.44. The lowest BCUT2D eigenvalue weighted by atomic mass is 9.81. The molecule has 1 aliphatic carbocycles. The summed E-state index contributed by atoms with van der Waals surface area (Å²) in [5, 5.41) is 0.151. The highest BCUT2D eigenvalue weighted by atomic mass is 28.4. The van der Waals surface area contributed by atoms with Gasteiger partial charge in [0.2, 0.25) is 8.32 Å². The third-order valence-corrected chi connectivity index (χ3v) is 10.8. The molecular weight excluding hydrogens is 364 g/mol. The molecule has 0 aromatic heterocycles. The maximum Gasteiger partial charge on any atom is 0.306 e. The van der Waals surface area contributed by atoms with Gasteiger partial charge in [-0.2, -0.15) is 0 Å². The molecule has 1 aromatic rings. The summed E-state index contributed by atoms with van der Waals surface area (Å²) in [6.45, 7) is 13.5. The molecule has 0 aliphatic heterocycles. The molecule has 0 bridgehead atoms. The maximum atomic E-state index is 12.4. The molecule has 1 aromatic carbocycles. The molecule has 0 amide bonds. The van der Waals surface area contributed by atoms with Crippen LogP contribution in [0.15, 0.2) is 24.3 Å². The molecule has 1 saturated carbocycles. The molecule has 2 atom stereocenters. The molecule has 4 heteroatoms. The van der Waals surface area contributed by atoms with E-state index in [9.17, 15) is 4.79 Å². The molecule has 1 aliphatic rings. The number of para-hydroxylation sites is 1. The average Bonchev–Trinajstić information content (AvgIpc) is 2.62. The highest BCUT2D eigenvalue weighted by Gasteiger charge is 2.40. The molecule has 0 unspecified atom stereocenters. The first-order valence-electron chi connectivity index (χ1n) is 11.1. The first-order valence-corrected chi connectivity index (χ1v) is 14.0. The molecule has 0 heterocycles. The van der Waals surface area contributed by atoms with Crippen LogP contribution < -0.4 is 4.43 Å². The number of rotatable bonds is 8. The van der Waals surface area contributed by atoms with E-state index in [1.54, 1.807) is 0 Å². The monoisotopic (exact) mass is 404 g/mol. The highest BCUT2D eigenvalue weighted by Crippen LogP contribution is 2.43. The van der Waals surface area contributed by atoms with Gasteiger partial charge >= 0.3 is 5.97 Å². The van der Waals surface area contributed by atoms with Gasteiger partial charge in [0.05, 0.1) is 0 Å². The van der Waals surface area contributed by atoms with Gasteiger partial charge in [-0.05, 0) is 55.4 Å². The van der Waals surface area contributed by atoms with E-state index in [0.29, 0.717) is 6.42 Å². The van der Waals surface area contributed by atoms with Gasteiger partial charge in [-0.3, -0.25) is 4.79 Å². The number of ether oxygens (including phenoxy) is 1. The molecule has 1 fully saturated rings. The molecule has 0 spiro atoms. The number of carbonyl (C=O) groups excluding carboxylic acids is 1. The second-order valence-electron chi connectivity index (χ2n) is 9.78. The van der Waals surface area contributed by atoms with Crippen LogP contribution in [0, 0.1) is 0 Å². The Balaban J connectivity index is 2.18. The number of carbonyl (C=O) groups is 1. The second kappa shape index (κ2) is 9.95. The Hall–Kier alpha value is -1.29. The van der Waals surface area contributed by atoms with E-state index in [1.807, 2.05) is 0 Å². The Morgan fingerprint density at radius 2 is 1.79 bits per heavy atom. The predicted octanol–water partition coefficient (Wildman–Crippen LogP) is 7.22. The average molecular weight is 405 g/mol. The van der Waals surface area contributed by atoms with Gasteiger partial charge in [-0.15, -0.1) is 0 Å². The quantitative estimate of drug-likeness (QED) is 0.261. The van der Waals surface area contributed by atoms with Gasteiger partial charge in [0.1, 0.15) is 11.9 Å². The van der Waals surface area contributed by atoms with Crippen molar-refractivity contribution in [3.8, 4) is 5.75 Å². The van der Waals surface area contributed by atoms with E-state index in [0.717, 1.165) is 44.3 Å². The fraction of sp³-hybridized carbons (Fsp3) is 0.708. The van der Waals surface area contributed by atoms with E-state index in [-0.39, 0.29) is 23.0 Å². The highest BCUT2D eigenvalue weighted by molar-refractivity contribution is 6.74. The zero-order valence-corrected chi connectivity index (χ0v) is 19.8. The summed E-state index contributed by atoms with van der Waals surface area (Å²) in [6, 6.07) is 8.42. The normalized spacial score (nSPS) is 20.6. The Bertz CT molecular complexity index is 633. The summed E-state index contributed by atoms with van der Waals surface area (Å²) in [4.78, 5) is 12.4. The van der Waals surface area contributed by atoms with Crippen molar-refractivity contribution in [2.75, 3.05) is 0 Å². The van der Waals surface area contributed by atoms with Crippen LogP contribution in [0.2, 0.25) is 18.1 Å². The minimum absolute atomic E-state index is 0.0213. The summed E-state index contributed by atoms with van der Waals surface area (Å²) in [5.41, 5.74) is 1.22. The maximum absolute atomic E-state index is 12.4. The van der Waals surface area contributed by atoms with Gasteiger partial charge in [-0.1, -0.05) is 65.2 Å². The Kier molecular flexibility index (Phi) is 8.17. The van der Waals surface area contributed by atoms with Crippen LogP contribution in [0.3, 0.4) is 0 Å². The minimum Gasteiger partial charge on any atom is -0.543 e. The van der Waals surface area contributed by atoms with Crippen LogP contribution in [0.1, 0.15) is 90.5 Å². The van der Waals surface area contributed by atoms with Crippen molar-refractivity contribution in [3.05, 3.63) is 29.8 Å². The van der Waals surface area contributed by atoms with Crippen LogP contribution in [0.5, 0.6) is 5.75 Å². The predicted molar refractivity (Wildman–Crippen MR) is 119 cm³/mol. The van der Waals surface area contributed by atoms with E-state index >= 15 is 0 Å². The first kappa shape index (κ1) is 23.0. The van der Waals surface area contributed by atoms with E-state index in [4.69, 9.17) is 9.16 Å². The molecular formula is C24H40O3Si. The van der Waals surface area contributed by atoms with Crippen molar-refractivity contribution in [1.29, 1.82) is 0 Å². The minimum atomic E-state index is -1.92. The smallest absolute Gasteiger partial charge is 0.306 e. The number of hydrogen-bond acceptors (Lipinski definition) is 3. The Morgan fingerprint density at radius 3 is 2.46 bits per heavy atom. The van der Waals surface area contributed by atoms with Crippen LogP contribution in [-0.4, -0.2) is 20.4 Å². The van der Waals surface area contributed by atoms with E-state index in [2.05, 4.69) is 65.1 Å². The lowest BCUT2D eigenvalue weighted by molar-refractivity contribution is -0.151. The molecule has 0 saturated heterocycles. The summed E-state index contributed by atoms with van der Waals surface area (Å²) in [5.74, 6) is 1.20. The Morgan fingerprint density at radius 1 is 1.11 bits per heavy atom. The van der Waals surface area contributed by atoms with Crippen LogP contribution in [0.4, 0.5) is 0 Å². The van der Waals surface area contributed by atoms with Gasteiger partial charge < -0.3 is 9.16 Å². The van der Waals surface area contributed by atoms with Crippen molar-refractivity contribution in [2.24, 2.45) is 0 Å². The van der Waals surface area contributed by atoms with Crippen LogP contribution in [-0.2, 0) is 9.53 Å². The van der Waals surface area contributed by atoms with Gasteiger partial charge in [0.15, 0.2) is 0 Å². The summed E-state index contributed by atoms with van der Waals surface area (Å²) in [7, 11) is -1.92. The van der Waals surface area contributed by atoms with Crippen molar-refractivity contribution in [3.63, 3.8) is 0 Å². The van der Waals surface area contributed by atoms with Crippen LogP contribution >= 0.6 is 0 Å². The van der Waals surface area contributed by atoms with E-state index < -0.39 is 8.32 Å². The SMILES string of the molecule is CCCCCC(=O)O[C@H]1CCCC[C@@H]1c1ccccc1O[Si](C)(C)C(C)(C)C. The summed E-state index contributed by atoms with van der Waals surface area (Å²) < 4.78 is 12.7. The number of unbranched alkanes of at least 4 members (excludes halogenated alkanes) is 2. The number of benzene rings is 1. The Labute approximate surface area is 173 Å².